The third kappa shape index (κ3) is 1.35. The topological polar surface area (TPSA) is 0 Å². The average Bonchev–Trinajstić information content (AvgIpc) is 2.99. The summed E-state index contributed by atoms with van der Waals surface area (Å²) in [6.45, 7) is 2.24. The Balaban J connectivity index is 2.24. The lowest BCUT2D eigenvalue weighted by Gasteiger charge is -2.17. The van der Waals surface area contributed by atoms with Gasteiger partial charge in [-0.2, -0.15) is 0 Å². The van der Waals surface area contributed by atoms with Gasteiger partial charge in [-0.05, 0) is 24.3 Å². The predicted octanol–water partition coefficient (Wildman–Crippen LogP) is 3.20. The minimum Gasteiger partial charge on any atom is -0.119 e. The molecule has 0 radical (unpaired) electrons. The largest absolute Gasteiger partial charge is 0.119 e. The van der Waals surface area contributed by atoms with Crippen molar-refractivity contribution in [1.29, 1.82) is 0 Å². The molecular weight excluding hydrogens is 156 g/mol. The van der Waals surface area contributed by atoms with E-state index in [-0.39, 0.29) is 5.41 Å². The van der Waals surface area contributed by atoms with Gasteiger partial charge in [-0.1, -0.05) is 43.2 Å². The molecule has 0 heteroatoms. The van der Waals surface area contributed by atoms with E-state index < -0.39 is 0 Å². The fraction of sp³-hybridized carbons (Fsp3) is 0.385. The molecule has 1 atom stereocenters. The second-order valence-electron chi connectivity index (χ2n) is 3.93. The number of rotatable bonds is 2. The third-order valence-electron chi connectivity index (χ3n) is 3.20. The molecular formula is C13H14. The van der Waals surface area contributed by atoms with Gasteiger partial charge in [0, 0.05) is 5.41 Å². The molecule has 1 aliphatic rings. The van der Waals surface area contributed by atoms with Gasteiger partial charge in [0.05, 0.1) is 0 Å². The van der Waals surface area contributed by atoms with Crippen LogP contribution in [0.5, 0.6) is 0 Å². The molecule has 0 aliphatic heterocycles. The quantitative estimate of drug-likeness (QED) is 0.598. The summed E-state index contributed by atoms with van der Waals surface area (Å²) in [7, 11) is 0. The van der Waals surface area contributed by atoms with E-state index in [0.29, 0.717) is 5.92 Å². The molecule has 1 aliphatic carbocycles. The molecule has 0 spiro atoms. The van der Waals surface area contributed by atoms with Gasteiger partial charge in [0.2, 0.25) is 0 Å². The first kappa shape index (κ1) is 8.38. The van der Waals surface area contributed by atoms with Crippen LogP contribution in [0.3, 0.4) is 0 Å². The average molecular weight is 170 g/mol. The summed E-state index contributed by atoms with van der Waals surface area (Å²) in [4.78, 5) is 0. The molecule has 1 unspecified atom stereocenters. The van der Waals surface area contributed by atoms with Gasteiger partial charge in [0.15, 0.2) is 0 Å². The van der Waals surface area contributed by atoms with Gasteiger partial charge >= 0.3 is 0 Å². The Morgan fingerprint density at radius 2 is 1.92 bits per heavy atom. The highest BCUT2D eigenvalue weighted by Crippen LogP contribution is 2.55. The second-order valence-corrected chi connectivity index (χ2v) is 3.93. The van der Waals surface area contributed by atoms with E-state index in [2.05, 4.69) is 37.1 Å². The van der Waals surface area contributed by atoms with E-state index in [9.17, 15) is 0 Å². The second kappa shape index (κ2) is 2.92. The Bertz CT molecular complexity index is 325. The molecule has 1 aromatic rings. The van der Waals surface area contributed by atoms with Crippen LogP contribution < -0.4 is 0 Å². The Hall–Kier alpha value is -1.22. The number of hydrogen-bond donors (Lipinski definition) is 0. The van der Waals surface area contributed by atoms with Gasteiger partial charge in [0.1, 0.15) is 0 Å². The van der Waals surface area contributed by atoms with Crippen molar-refractivity contribution in [3.8, 4) is 12.3 Å². The first-order valence-electron chi connectivity index (χ1n) is 4.81. The van der Waals surface area contributed by atoms with Crippen LogP contribution in [0.25, 0.3) is 0 Å². The first-order chi connectivity index (χ1) is 6.28. The highest BCUT2D eigenvalue weighted by atomic mass is 14.5. The van der Waals surface area contributed by atoms with Crippen LogP contribution in [0.15, 0.2) is 30.3 Å². The molecule has 0 saturated heterocycles. The summed E-state index contributed by atoms with van der Waals surface area (Å²) in [5.74, 6) is 3.46. The highest BCUT2D eigenvalue weighted by Gasteiger charge is 2.46. The molecule has 1 aromatic carbocycles. The third-order valence-corrected chi connectivity index (χ3v) is 3.20. The van der Waals surface area contributed by atoms with Gasteiger partial charge in [-0.15, -0.1) is 6.42 Å². The van der Waals surface area contributed by atoms with Crippen molar-refractivity contribution in [1.82, 2.24) is 0 Å². The summed E-state index contributed by atoms with van der Waals surface area (Å²) in [6, 6.07) is 10.5. The van der Waals surface area contributed by atoms with Crippen LogP contribution in [0.2, 0.25) is 0 Å². The normalized spacial score (nSPS) is 20.3. The zero-order chi connectivity index (χ0) is 9.31. The number of terminal acetylenes is 1. The van der Waals surface area contributed by atoms with Crippen molar-refractivity contribution in [2.45, 2.75) is 25.7 Å². The molecule has 2 rings (SSSR count). The predicted molar refractivity (Wildman–Crippen MR) is 55.4 cm³/mol. The summed E-state index contributed by atoms with van der Waals surface area (Å²) in [5, 5.41) is 0. The number of hydrogen-bond acceptors (Lipinski definition) is 0. The van der Waals surface area contributed by atoms with E-state index in [1.165, 1.54) is 18.4 Å². The van der Waals surface area contributed by atoms with E-state index in [1.807, 2.05) is 6.07 Å². The molecule has 0 heterocycles. The van der Waals surface area contributed by atoms with Crippen molar-refractivity contribution in [2.75, 3.05) is 0 Å². The van der Waals surface area contributed by atoms with Crippen LogP contribution in [-0.4, -0.2) is 0 Å². The molecule has 0 amide bonds. The Morgan fingerprint density at radius 1 is 1.31 bits per heavy atom. The van der Waals surface area contributed by atoms with Gasteiger partial charge < -0.3 is 0 Å². The molecule has 0 aromatic heterocycles. The van der Waals surface area contributed by atoms with Crippen molar-refractivity contribution < 1.29 is 0 Å². The maximum atomic E-state index is 5.56. The SMILES string of the molecule is C#CC1(C(C)c2ccccc2)CC1. The lowest BCUT2D eigenvalue weighted by molar-refractivity contribution is 0.549. The summed E-state index contributed by atoms with van der Waals surface area (Å²) >= 11 is 0. The van der Waals surface area contributed by atoms with Crippen LogP contribution >= 0.6 is 0 Å². The van der Waals surface area contributed by atoms with E-state index in [4.69, 9.17) is 6.42 Å². The van der Waals surface area contributed by atoms with Crippen LogP contribution in [0.4, 0.5) is 0 Å². The fourth-order valence-electron chi connectivity index (χ4n) is 1.90. The highest BCUT2D eigenvalue weighted by molar-refractivity contribution is 5.30. The standard InChI is InChI=1S/C13H14/c1-3-13(9-10-13)11(2)12-7-5-4-6-8-12/h1,4-8,11H,9-10H2,2H3. The summed E-state index contributed by atoms with van der Waals surface area (Å²) in [6.07, 6.45) is 7.95. The number of benzene rings is 1. The maximum Gasteiger partial charge on any atom is 0.0378 e. The van der Waals surface area contributed by atoms with Crippen LogP contribution in [-0.2, 0) is 0 Å². The van der Waals surface area contributed by atoms with Gasteiger partial charge in [-0.25, -0.2) is 0 Å². The van der Waals surface area contributed by atoms with Crippen molar-refractivity contribution >= 4 is 0 Å². The van der Waals surface area contributed by atoms with E-state index >= 15 is 0 Å². The summed E-state index contributed by atoms with van der Waals surface area (Å²) in [5.41, 5.74) is 1.56. The van der Waals surface area contributed by atoms with Crippen molar-refractivity contribution in [2.24, 2.45) is 5.41 Å². The molecule has 1 saturated carbocycles. The lowest BCUT2D eigenvalue weighted by Crippen LogP contribution is -2.08. The molecule has 13 heavy (non-hydrogen) atoms. The zero-order valence-electron chi connectivity index (χ0n) is 7.96. The maximum absolute atomic E-state index is 5.56. The fourth-order valence-corrected chi connectivity index (χ4v) is 1.90. The summed E-state index contributed by atoms with van der Waals surface area (Å²) < 4.78 is 0. The molecule has 0 N–H and O–H groups in total. The Morgan fingerprint density at radius 3 is 2.38 bits per heavy atom. The molecule has 0 bridgehead atoms. The zero-order valence-corrected chi connectivity index (χ0v) is 7.96. The van der Waals surface area contributed by atoms with Crippen molar-refractivity contribution in [3.05, 3.63) is 35.9 Å². The van der Waals surface area contributed by atoms with Crippen LogP contribution in [0.1, 0.15) is 31.2 Å². The Kier molecular flexibility index (Phi) is 1.88. The van der Waals surface area contributed by atoms with Crippen molar-refractivity contribution in [3.63, 3.8) is 0 Å². The minimum atomic E-state index is 0.182. The van der Waals surface area contributed by atoms with E-state index in [0.717, 1.165) is 0 Å². The van der Waals surface area contributed by atoms with Gasteiger partial charge in [-0.3, -0.25) is 0 Å². The smallest absolute Gasteiger partial charge is 0.0378 e. The van der Waals surface area contributed by atoms with Gasteiger partial charge in [0.25, 0.3) is 0 Å². The minimum absolute atomic E-state index is 0.182. The Labute approximate surface area is 80.0 Å². The first-order valence-corrected chi connectivity index (χ1v) is 4.81. The van der Waals surface area contributed by atoms with Crippen LogP contribution in [0, 0.1) is 17.8 Å². The monoisotopic (exact) mass is 170 g/mol. The molecule has 0 nitrogen and oxygen atoms in total. The van der Waals surface area contributed by atoms with E-state index in [1.54, 1.807) is 0 Å². The lowest BCUT2D eigenvalue weighted by atomic mass is 9.85. The molecule has 1 fully saturated rings. The molecule has 66 valence electrons.